The van der Waals surface area contributed by atoms with Gasteiger partial charge in [-0.1, -0.05) is 30.0 Å². The zero-order valence-corrected chi connectivity index (χ0v) is 15.5. The van der Waals surface area contributed by atoms with Gasteiger partial charge in [-0.3, -0.25) is 9.78 Å². The molecule has 0 spiro atoms. The van der Waals surface area contributed by atoms with Crippen molar-refractivity contribution in [1.29, 1.82) is 0 Å². The molecule has 1 aromatic heterocycles. The van der Waals surface area contributed by atoms with Crippen LogP contribution in [0.15, 0.2) is 59.0 Å². The number of pyridine rings is 1. The second-order valence-electron chi connectivity index (χ2n) is 6.05. The van der Waals surface area contributed by atoms with Crippen molar-refractivity contribution in [3.8, 4) is 5.75 Å². The van der Waals surface area contributed by atoms with Gasteiger partial charge in [-0.15, -0.1) is 5.10 Å². The Morgan fingerprint density at radius 1 is 1.23 bits per heavy atom. The zero-order valence-electron chi connectivity index (χ0n) is 14.7. The minimum atomic E-state index is -0.191. The molecule has 6 nitrogen and oxygen atoms in total. The first-order valence-corrected chi connectivity index (χ1v) is 9.15. The minimum absolute atomic E-state index is 0.0328. The fraction of sp³-hybridized carbons (Fsp3) is 0.263. The van der Waals surface area contributed by atoms with Crippen LogP contribution in [-0.2, 0) is 17.8 Å². The number of carbonyl (C=O) groups is 1. The third-order valence-electron chi connectivity index (χ3n) is 3.59. The largest absolute Gasteiger partial charge is 0.489 e. The third kappa shape index (κ3) is 5.16. The monoisotopic (exact) mass is 368 g/mol. The van der Waals surface area contributed by atoms with E-state index in [-0.39, 0.29) is 11.2 Å². The first kappa shape index (κ1) is 18.1. The molecule has 0 saturated carbocycles. The van der Waals surface area contributed by atoms with E-state index in [1.165, 1.54) is 11.8 Å². The molecule has 1 aliphatic rings. The van der Waals surface area contributed by atoms with Crippen LogP contribution in [0.4, 0.5) is 0 Å². The second-order valence-corrected chi connectivity index (χ2v) is 7.24. The zero-order chi connectivity index (χ0) is 18.4. The Kier molecular flexibility index (Phi) is 6.01. The number of carbonyl (C=O) groups excluding carboxylic acids is 1. The van der Waals surface area contributed by atoms with Crippen molar-refractivity contribution < 1.29 is 9.53 Å². The van der Waals surface area contributed by atoms with E-state index in [1.54, 1.807) is 12.4 Å². The van der Waals surface area contributed by atoms with Crippen LogP contribution in [0.2, 0.25) is 0 Å². The van der Waals surface area contributed by atoms with Crippen molar-refractivity contribution in [2.45, 2.75) is 32.1 Å². The van der Waals surface area contributed by atoms with Crippen LogP contribution in [0.1, 0.15) is 25.0 Å². The highest BCUT2D eigenvalue weighted by molar-refractivity contribution is 8.15. The lowest BCUT2D eigenvalue weighted by molar-refractivity contribution is -0.118. The van der Waals surface area contributed by atoms with E-state index in [0.717, 1.165) is 22.6 Å². The van der Waals surface area contributed by atoms with Crippen LogP contribution >= 0.6 is 11.8 Å². The lowest BCUT2D eigenvalue weighted by Crippen LogP contribution is -2.25. The molecule has 0 aliphatic carbocycles. The number of nitrogens with zero attached hydrogens (tertiary/aromatic N) is 3. The summed E-state index contributed by atoms with van der Waals surface area (Å²) in [5.74, 6) is 0.755. The van der Waals surface area contributed by atoms with Crippen molar-refractivity contribution >= 4 is 28.5 Å². The van der Waals surface area contributed by atoms with Gasteiger partial charge in [-0.2, -0.15) is 5.10 Å². The highest BCUT2D eigenvalue weighted by atomic mass is 32.2. The summed E-state index contributed by atoms with van der Waals surface area (Å²) in [6.45, 7) is 4.20. The van der Waals surface area contributed by atoms with E-state index in [2.05, 4.69) is 20.5 Å². The molecular formula is C19H20N4O2S. The number of thioether (sulfide) groups is 1. The van der Waals surface area contributed by atoms with E-state index in [9.17, 15) is 4.79 Å². The topological polar surface area (TPSA) is 75.9 Å². The molecule has 26 heavy (non-hydrogen) atoms. The summed E-state index contributed by atoms with van der Waals surface area (Å²) in [4.78, 5) is 16.1. The van der Waals surface area contributed by atoms with Crippen molar-refractivity contribution in [2.24, 2.45) is 10.2 Å². The number of amidine groups is 1. The smallest absolute Gasteiger partial charge is 0.239 e. The van der Waals surface area contributed by atoms with E-state index >= 15 is 0 Å². The molecular weight excluding hydrogens is 348 g/mol. The van der Waals surface area contributed by atoms with Gasteiger partial charge in [0.25, 0.3) is 0 Å². The fourth-order valence-electron chi connectivity index (χ4n) is 2.32. The second kappa shape index (κ2) is 8.62. The maximum absolute atomic E-state index is 12.1. The molecule has 1 saturated heterocycles. The third-order valence-corrected chi connectivity index (χ3v) is 4.66. The van der Waals surface area contributed by atoms with Gasteiger partial charge >= 0.3 is 0 Å². The predicted molar refractivity (Wildman–Crippen MR) is 104 cm³/mol. The molecule has 0 radical (unpaired) electrons. The summed E-state index contributed by atoms with van der Waals surface area (Å²) < 4.78 is 5.75. The molecule has 1 unspecified atom stereocenters. The molecule has 7 heteroatoms. The van der Waals surface area contributed by atoms with Crippen LogP contribution in [0.3, 0.4) is 0 Å². The quantitative estimate of drug-likeness (QED) is 0.628. The number of hydrogen-bond donors (Lipinski definition) is 1. The molecule has 1 atom stereocenters. The van der Waals surface area contributed by atoms with Gasteiger partial charge in [0.05, 0.1) is 5.25 Å². The van der Waals surface area contributed by atoms with Crippen molar-refractivity contribution in [3.05, 3.63) is 59.9 Å². The molecule has 2 aromatic rings. The Morgan fingerprint density at radius 3 is 2.73 bits per heavy atom. The Balaban J connectivity index is 1.55. The van der Waals surface area contributed by atoms with E-state index in [0.29, 0.717) is 18.2 Å². The van der Waals surface area contributed by atoms with Crippen LogP contribution in [-0.4, -0.2) is 27.0 Å². The molecule has 1 fully saturated rings. The summed E-state index contributed by atoms with van der Waals surface area (Å²) >= 11 is 1.41. The lowest BCUT2D eigenvalue weighted by atomic mass is 10.1. The Labute approximate surface area is 156 Å². The maximum atomic E-state index is 12.1. The first-order chi connectivity index (χ1) is 12.6. The number of nitrogens with one attached hydrogen (secondary N) is 1. The summed E-state index contributed by atoms with van der Waals surface area (Å²) in [6, 6.07) is 11.7. The number of ether oxygens (including phenoxy) is 1. The number of hydrogen-bond acceptors (Lipinski definition) is 6. The average Bonchev–Trinajstić information content (AvgIpc) is 3.00. The van der Waals surface area contributed by atoms with Crippen LogP contribution < -0.4 is 10.1 Å². The molecule has 1 aliphatic heterocycles. The molecule has 134 valence electrons. The normalized spacial score (nSPS) is 17.8. The molecule has 1 aromatic carbocycles. The molecule has 0 bridgehead atoms. The average molecular weight is 368 g/mol. The van der Waals surface area contributed by atoms with Gasteiger partial charge in [0, 0.05) is 23.7 Å². The van der Waals surface area contributed by atoms with E-state index < -0.39 is 0 Å². The molecule has 1 amide bonds. The van der Waals surface area contributed by atoms with Crippen molar-refractivity contribution in [1.82, 2.24) is 10.3 Å². The summed E-state index contributed by atoms with van der Waals surface area (Å²) in [6.07, 6.45) is 4.15. The summed E-state index contributed by atoms with van der Waals surface area (Å²) in [7, 11) is 0. The highest BCUT2D eigenvalue weighted by Gasteiger charge is 2.30. The van der Waals surface area contributed by atoms with Gasteiger partial charge in [-0.25, -0.2) is 0 Å². The van der Waals surface area contributed by atoms with Crippen LogP contribution in [0, 0.1) is 0 Å². The first-order valence-electron chi connectivity index (χ1n) is 8.27. The SMILES string of the molecule is CC(C)=N/N=C1\NC(=O)C(Cc2ccc(OCc3cccnc3)cc2)S1. The number of amides is 1. The standard InChI is InChI=1S/C19H20N4O2S/c1-13(2)22-23-19-21-18(24)17(26-19)10-14-5-7-16(8-6-14)25-12-15-4-3-9-20-11-15/h3-9,11,17H,10,12H2,1-2H3,(H,21,23,24). The van der Waals surface area contributed by atoms with Crippen molar-refractivity contribution in [2.75, 3.05) is 0 Å². The van der Waals surface area contributed by atoms with Gasteiger partial charge in [0.2, 0.25) is 5.91 Å². The number of rotatable bonds is 6. The van der Waals surface area contributed by atoms with E-state index in [1.807, 2.05) is 50.2 Å². The fourth-order valence-corrected chi connectivity index (χ4v) is 3.28. The molecule has 2 heterocycles. The minimum Gasteiger partial charge on any atom is -0.489 e. The lowest BCUT2D eigenvalue weighted by Gasteiger charge is -2.08. The van der Waals surface area contributed by atoms with Crippen LogP contribution in [0.5, 0.6) is 5.75 Å². The Hall–Kier alpha value is -2.67. The number of aromatic nitrogens is 1. The molecule has 1 N–H and O–H groups in total. The van der Waals surface area contributed by atoms with Crippen molar-refractivity contribution in [3.63, 3.8) is 0 Å². The van der Waals surface area contributed by atoms with Gasteiger partial charge in [-0.05, 0) is 44.0 Å². The molecule has 3 rings (SSSR count). The van der Waals surface area contributed by atoms with Gasteiger partial charge < -0.3 is 10.1 Å². The Morgan fingerprint density at radius 2 is 2.04 bits per heavy atom. The Bertz CT molecular complexity index is 815. The van der Waals surface area contributed by atoms with Gasteiger partial charge in [0.15, 0.2) is 5.17 Å². The van der Waals surface area contributed by atoms with Gasteiger partial charge in [0.1, 0.15) is 12.4 Å². The maximum Gasteiger partial charge on any atom is 0.239 e. The van der Waals surface area contributed by atoms with Crippen LogP contribution in [0.25, 0.3) is 0 Å². The summed E-state index contributed by atoms with van der Waals surface area (Å²) in [5.41, 5.74) is 2.94. The predicted octanol–water partition coefficient (Wildman–Crippen LogP) is 3.19. The summed E-state index contributed by atoms with van der Waals surface area (Å²) in [5, 5.41) is 11.2. The number of benzene rings is 1. The highest BCUT2D eigenvalue weighted by Crippen LogP contribution is 2.24. The van der Waals surface area contributed by atoms with E-state index in [4.69, 9.17) is 4.74 Å².